The molecule has 0 spiro atoms. The second-order valence-corrected chi connectivity index (χ2v) is 7.49. The summed E-state index contributed by atoms with van der Waals surface area (Å²) < 4.78 is 12.4. The quantitative estimate of drug-likeness (QED) is 0.537. The highest BCUT2D eigenvalue weighted by Crippen LogP contribution is 2.38. The Morgan fingerprint density at radius 1 is 1.16 bits per heavy atom. The van der Waals surface area contributed by atoms with E-state index in [2.05, 4.69) is 44.7 Å². The van der Waals surface area contributed by atoms with Gasteiger partial charge in [-0.25, -0.2) is 0 Å². The Morgan fingerprint density at radius 2 is 1.89 bits per heavy atom. The Labute approximate surface area is 132 Å². The second-order valence-electron chi connectivity index (χ2n) is 5.14. The van der Waals surface area contributed by atoms with Crippen molar-refractivity contribution >= 4 is 31.9 Å². The first kappa shape index (κ1) is 15.6. The molecular weight excluding hydrogens is 372 g/mol. The zero-order chi connectivity index (χ0) is 13.8. The molecule has 0 aromatic heterocycles. The summed E-state index contributed by atoms with van der Waals surface area (Å²) in [5.41, 5.74) is 0. The first-order chi connectivity index (χ1) is 9.15. The van der Waals surface area contributed by atoms with Gasteiger partial charge in [-0.2, -0.15) is 0 Å². The largest absolute Gasteiger partial charge is 0.371 e. The zero-order valence-corrected chi connectivity index (χ0v) is 14.3. The summed E-state index contributed by atoms with van der Waals surface area (Å²) in [7, 11) is 0. The average molecular weight is 392 g/mol. The van der Waals surface area contributed by atoms with Crippen molar-refractivity contribution in [2.45, 2.75) is 66.7 Å². The van der Waals surface area contributed by atoms with Crippen LogP contribution in [0.4, 0.5) is 0 Å². The standard InChI is InChI=1S/C15H20Br2O2/c1-3-5-6-7-13-15-9-14(19-13)11(17)8-10(16)12(4-2)18-15/h1,5-6,10-15H,4,7-9H2,2H3/b6-5-/t10-,11-,12+,13-,14-,15-/m0/s1. The molecule has 2 aliphatic rings. The molecule has 0 aliphatic carbocycles. The van der Waals surface area contributed by atoms with Crippen LogP contribution in [0, 0.1) is 12.3 Å². The van der Waals surface area contributed by atoms with E-state index < -0.39 is 0 Å². The lowest BCUT2D eigenvalue weighted by molar-refractivity contribution is -0.0499. The van der Waals surface area contributed by atoms with Gasteiger partial charge in [-0.05, 0) is 25.3 Å². The zero-order valence-electron chi connectivity index (χ0n) is 11.1. The van der Waals surface area contributed by atoms with E-state index >= 15 is 0 Å². The second kappa shape index (κ2) is 7.26. The van der Waals surface area contributed by atoms with Crippen LogP contribution in [-0.4, -0.2) is 34.1 Å². The van der Waals surface area contributed by atoms with Gasteiger partial charge < -0.3 is 9.47 Å². The fraction of sp³-hybridized carbons (Fsp3) is 0.733. The van der Waals surface area contributed by atoms with Crippen molar-refractivity contribution in [1.82, 2.24) is 0 Å². The molecule has 2 bridgehead atoms. The van der Waals surface area contributed by atoms with Gasteiger partial charge in [0.2, 0.25) is 0 Å². The molecule has 6 atom stereocenters. The fourth-order valence-corrected chi connectivity index (χ4v) is 4.93. The molecule has 0 N–H and O–H groups in total. The molecule has 4 heteroatoms. The molecule has 2 rings (SSSR count). The molecule has 2 nitrogen and oxygen atoms in total. The third-order valence-corrected chi connectivity index (χ3v) is 5.75. The van der Waals surface area contributed by atoms with Gasteiger partial charge in [0.15, 0.2) is 0 Å². The molecule has 0 radical (unpaired) electrons. The van der Waals surface area contributed by atoms with Crippen molar-refractivity contribution < 1.29 is 9.47 Å². The summed E-state index contributed by atoms with van der Waals surface area (Å²) in [6, 6.07) is 0. The summed E-state index contributed by atoms with van der Waals surface area (Å²) in [5, 5.41) is 0. The van der Waals surface area contributed by atoms with Crippen LogP contribution in [0.25, 0.3) is 0 Å². The van der Waals surface area contributed by atoms with Crippen molar-refractivity contribution in [2.24, 2.45) is 0 Å². The molecule has 19 heavy (non-hydrogen) atoms. The molecule has 106 valence electrons. The Balaban J connectivity index is 2.07. The lowest BCUT2D eigenvalue weighted by Gasteiger charge is -2.30. The molecule has 2 heterocycles. The summed E-state index contributed by atoms with van der Waals surface area (Å²) >= 11 is 7.53. The van der Waals surface area contributed by atoms with Gasteiger partial charge in [0.25, 0.3) is 0 Å². The summed E-state index contributed by atoms with van der Waals surface area (Å²) in [6.45, 7) is 2.17. The number of terminal acetylenes is 1. The molecule has 0 unspecified atom stereocenters. The molecule has 2 aliphatic heterocycles. The van der Waals surface area contributed by atoms with Crippen LogP contribution in [0.3, 0.4) is 0 Å². The first-order valence-corrected chi connectivity index (χ1v) is 8.69. The van der Waals surface area contributed by atoms with Crippen LogP contribution >= 0.6 is 31.9 Å². The maximum absolute atomic E-state index is 6.26. The Morgan fingerprint density at radius 3 is 2.58 bits per heavy atom. The molecule has 0 saturated carbocycles. The number of halogens is 2. The lowest BCUT2D eigenvalue weighted by Crippen LogP contribution is -2.36. The fourth-order valence-electron chi connectivity index (χ4n) is 2.78. The number of rotatable bonds is 3. The molecule has 2 saturated heterocycles. The van der Waals surface area contributed by atoms with E-state index in [1.54, 1.807) is 6.08 Å². The Hall–Kier alpha value is 0.180. The maximum atomic E-state index is 6.26. The number of alkyl halides is 2. The van der Waals surface area contributed by atoms with Crippen LogP contribution in [0.5, 0.6) is 0 Å². The van der Waals surface area contributed by atoms with Gasteiger partial charge in [0.05, 0.1) is 24.4 Å². The van der Waals surface area contributed by atoms with E-state index in [9.17, 15) is 0 Å². The number of hydrogen-bond acceptors (Lipinski definition) is 2. The Bertz CT molecular complexity index is 364. The van der Waals surface area contributed by atoms with Crippen LogP contribution < -0.4 is 0 Å². The lowest BCUT2D eigenvalue weighted by atomic mass is 9.99. The van der Waals surface area contributed by atoms with Crippen LogP contribution in [0.2, 0.25) is 0 Å². The van der Waals surface area contributed by atoms with Gasteiger partial charge in [-0.1, -0.05) is 50.8 Å². The topological polar surface area (TPSA) is 18.5 Å². The van der Waals surface area contributed by atoms with Crippen molar-refractivity contribution in [2.75, 3.05) is 0 Å². The van der Waals surface area contributed by atoms with E-state index in [1.807, 2.05) is 6.08 Å². The van der Waals surface area contributed by atoms with Gasteiger partial charge >= 0.3 is 0 Å². The number of allylic oxidation sites excluding steroid dienone is 1. The van der Waals surface area contributed by atoms with Gasteiger partial charge in [0.1, 0.15) is 0 Å². The van der Waals surface area contributed by atoms with Crippen molar-refractivity contribution in [3.63, 3.8) is 0 Å². The van der Waals surface area contributed by atoms with Crippen molar-refractivity contribution in [3.05, 3.63) is 12.2 Å². The molecule has 0 amide bonds. The van der Waals surface area contributed by atoms with Crippen molar-refractivity contribution in [1.29, 1.82) is 0 Å². The summed E-state index contributed by atoms with van der Waals surface area (Å²) in [4.78, 5) is 0.773. The van der Waals surface area contributed by atoms with Crippen LogP contribution in [-0.2, 0) is 9.47 Å². The van der Waals surface area contributed by atoms with E-state index in [1.165, 1.54) is 0 Å². The minimum atomic E-state index is 0.126. The number of hydrogen-bond donors (Lipinski definition) is 0. The maximum Gasteiger partial charge on any atom is 0.0876 e. The highest BCUT2D eigenvalue weighted by molar-refractivity contribution is 9.10. The van der Waals surface area contributed by atoms with E-state index in [0.717, 1.165) is 25.7 Å². The summed E-state index contributed by atoms with van der Waals surface area (Å²) in [6.07, 6.45) is 13.6. The van der Waals surface area contributed by atoms with Gasteiger partial charge in [-0.3, -0.25) is 0 Å². The molecule has 2 fully saturated rings. The minimum Gasteiger partial charge on any atom is -0.371 e. The highest BCUT2D eigenvalue weighted by Gasteiger charge is 2.43. The molecular formula is C15H20Br2O2. The van der Waals surface area contributed by atoms with Crippen LogP contribution in [0.15, 0.2) is 12.2 Å². The average Bonchev–Trinajstić information content (AvgIpc) is 2.79. The van der Waals surface area contributed by atoms with Gasteiger partial charge in [0, 0.05) is 16.1 Å². The molecule has 0 aromatic rings. The smallest absolute Gasteiger partial charge is 0.0876 e. The van der Waals surface area contributed by atoms with Crippen LogP contribution in [0.1, 0.15) is 32.6 Å². The van der Waals surface area contributed by atoms with E-state index in [0.29, 0.717) is 9.65 Å². The first-order valence-electron chi connectivity index (χ1n) is 6.85. The normalized spacial score (nSPS) is 42.8. The van der Waals surface area contributed by atoms with Gasteiger partial charge in [-0.15, -0.1) is 6.42 Å². The predicted molar refractivity (Wildman–Crippen MR) is 84.9 cm³/mol. The number of ether oxygens (including phenoxy) is 2. The Kier molecular flexibility index (Phi) is 5.95. The summed E-state index contributed by atoms with van der Waals surface area (Å²) in [5.74, 6) is 2.52. The third-order valence-electron chi connectivity index (χ3n) is 3.82. The van der Waals surface area contributed by atoms with Crippen molar-refractivity contribution in [3.8, 4) is 12.3 Å². The third kappa shape index (κ3) is 3.85. The SMILES string of the molecule is C#C/C=C\C[C@@H]1O[C@H]2C[C@@H]1O[C@H](CC)[C@@H](Br)C[C@@H]2Br. The monoisotopic (exact) mass is 390 g/mol. The molecule has 0 aromatic carbocycles. The van der Waals surface area contributed by atoms with E-state index in [4.69, 9.17) is 15.9 Å². The number of fused-ring (bicyclic) bond motifs is 2. The highest BCUT2D eigenvalue weighted by atomic mass is 79.9. The minimum absolute atomic E-state index is 0.126. The predicted octanol–water partition coefficient (Wildman–Crippen LogP) is 3.82. The van der Waals surface area contributed by atoms with E-state index in [-0.39, 0.29) is 24.4 Å².